The minimum atomic E-state index is -3.95. The summed E-state index contributed by atoms with van der Waals surface area (Å²) in [7, 11) is -0.562. The number of nitrogens with zero attached hydrogens (tertiary/aromatic N) is 4. The Morgan fingerprint density at radius 3 is 2.59 bits per heavy atom. The molecule has 2 aromatic heterocycles. The average Bonchev–Trinajstić information content (AvgIpc) is 3.11. The van der Waals surface area contributed by atoms with Crippen molar-refractivity contribution in [2.24, 2.45) is 0 Å². The molecule has 0 spiro atoms. The van der Waals surface area contributed by atoms with Gasteiger partial charge < -0.3 is 5.32 Å². The highest BCUT2D eigenvalue weighted by molar-refractivity contribution is 7.96. The first kappa shape index (κ1) is 21.8. The van der Waals surface area contributed by atoms with Crippen molar-refractivity contribution >= 4 is 61.3 Å². The number of sulfonamides is 1. The number of likely N-dealkylation sites (N-methyl/N-ethyl adjacent to an activating group) is 1. The molecule has 0 aromatic carbocycles. The van der Waals surface area contributed by atoms with Gasteiger partial charge in [0, 0.05) is 32.8 Å². The number of rotatable bonds is 5. The second kappa shape index (κ2) is 8.07. The van der Waals surface area contributed by atoms with Crippen LogP contribution < -0.4 is 10.0 Å². The van der Waals surface area contributed by atoms with Crippen LogP contribution in [-0.4, -0.2) is 55.0 Å². The third kappa shape index (κ3) is 4.48. The molecule has 0 radical (unpaired) electrons. The Hall–Kier alpha value is -1.92. The van der Waals surface area contributed by atoms with Crippen molar-refractivity contribution in [1.82, 2.24) is 20.0 Å². The first-order valence-corrected chi connectivity index (χ1v) is 11.3. The topological polar surface area (TPSA) is 108 Å². The molecule has 2 aromatic rings. The van der Waals surface area contributed by atoms with E-state index in [1.54, 1.807) is 32.1 Å². The lowest BCUT2D eigenvalue weighted by Crippen LogP contribution is -2.29. The lowest BCUT2D eigenvalue weighted by molar-refractivity contribution is -0.114. The summed E-state index contributed by atoms with van der Waals surface area (Å²) in [6.07, 6.45) is 1.52. The molecule has 0 saturated heterocycles. The van der Waals surface area contributed by atoms with Gasteiger partial charge in [0.25, 0.3) is 10.0 Å². The molecule has 156 valence electrons. The number of thiazole rings is 1. The van der Waals surface area contributed by atoms with E-state index in [0.29, 0.717) is 16.4 Å². The van der Waals surface area contributed by atoms with E-state index in [4.69, 9.17) is 23.2 Å². The molecule has 0 unspecified atom stereocenters. The van der Waals surface area contributed by atoms with Crippen LogP contribution >= 0.6 is 34.5 Å². The monoisotopic (exact) mass is 476 g/mol. The minimum Gasteiger partial charge on any atom is -0.302 e. The maximum Gasteiger partial charge on any atom is 0.262 e. The molecule has 1 aliphatic rings. The van der Waals surface area contributed by atoms with Crippen LogP contribution in [0, 0.1) is 6.92 Å². The van der Waals surface area contributed by atoms with E-state index < -0.39 is 10.0 Å². The number of hydrogen-bond acceptors (Lipinski definition) is 8. The Labute approximate surface area is 182 Å². The minimum absolute atomic E-state index is 0.00185. The third-order valence-electron chi connectivity index (χ3n) is 4.15. The largest absolute Gasteiger partial charge is 0.302 e. The highest BCUT2D eigenvalue weighted by Crippen LogP contribution is 2.36. The van der Waals surface area contributed by atoms with Gasteiger partial charge in [-0.3, -0.25) is 14.5 Å². The molecular formula is C16H18Cl2N6O3S2. The molecule has 0 bridgehead atoms. The van der Waals surface area contributed by atoms with E-state index in [1.807, 2.05) is 0 Å². The van der Waals surface area contributed by atoms with Crippen LogP contribution in [0.15, 0.2) is 22.3 Å². The van der Waals surface area contributed by atoms with Crippen LogP contribution in [0.5, 0.6) is 0 Å². The number of pyridine rings is 1. The first-order chi connectivity index (χ1) is 13.5. The van der Waals surface area contributed by atoms with Gasteiger partial charge in [-0.2, -0.15) is 0 Å². The molecule has 29 heavy (non-hydrogen) atoms. The molecule has 0 fully saturated rings. The fourth-order valence-corrected chi connectivity index (χ4v) is 5.60. The lowest BCUT2D eigenvalue weighted by Gasteiger charge is -2.20. The number of nitrogens with one attached hydrogen (secondary N) is 2. The van der Waals surface area contributed by atoms with Crippen LogP contribution in [-0.2, 0) is 14.8 Å². The van der Waals surface area contributed by atoms with Gasteiger partial charge in [-0.1, -0.05) is 34.5 Å². The van der Waals surface area contributed by atoms with Gasteiger partial charge >= 0.3 is 0 Å². The molecule has 0 aliphatic carbocycles. The standard InChI is InChI=1S/C16H18Cl2N6O3S2/c1-8-13(28-16(20-8)21-9(2)25)10-5-11(14(17)19-6-10)22-29(26,27)12-7-23(3)24(4)15(12)18/h5-6,22H,7H2,1-4H3,(H,20,21,25). The summed E-state index contributed by atoms with van der Waals surface area (Å²) in [5.41, 5.74) is 1.40. The normalized spacial score (nSPS) is 15.2. The number of aryl methyl sites for hydroxylation is 1. The van der Waals surface area contributed by atoms with Crippen molar-refractivity contribution < 1.29 is 13.2 Å². The zero-order valence-electron chi connectivity index (χ0n) is 15.9. The lowest BCUT2D eigenvalue weighted by atomic mass is 10.2. The van der Waals surface area contributed by atoms with Gasteiger partial charge in [-0.25, -0.2) is 23.4 Å². The molecule has 3 heterocycles. The molecule has 1 aliphatic heterocycles. The molecule has 0 atom stereocenters. The molecule has 1 amide bonds. The van der Waals surface area contributed by atoms with E-state index in [9.17, 15) is 13.2 Å². The molecule has 2 N–H and O–H groups in total. The average molecular weight is 477 g/mol. The Balaban J connectivity index is 1.95. The van der Waals surface area contributed by atoms with Gasteiger partial charge in [0.1, 0.15) is 10.1 Å². The van der Waals surface area contributed by atoms with E-state index >= 15 is 0 Å². The molecule has 13 heteroatoms. The molecule has 3 rings (SSSR count). The van der Waals surface area contributed by atoms with Gasteiger partial charge in [-0.15, -0.1) is 0 Å². The van der Waals surface area contributed by atoms with Crippen molar-refractivity contribution in [3.8, 4) is 10.4 Å². The summed E-state index contributed by atoms with van der Waals surface area (Å²) < 4.78 is 28.2. The number of aromatic nitrogens is 2. The van der Waals surface area contributed by atoms with Crippen molar-refractivity contribution in [3.05, 3.63) is 33.2 Å². The van der Waals surface area contributed by atoms with E-state index in [0.717, 1.165) is 4.88 Å². The number of anilines is 2. The number of hydrazine groups is 1. The second-order valence-corrected chi connectivity index (χ2v) is 9.75. The Morgan fingerprint density at radius 1 is 1.31 bits per heavy atom. The fourth-order valence-electron chi connectivity index (χ4n) is 2.62. The SMILES string of the molecule is CC(=O)Nc1nc(C)c(-c2cnc(Cl)c(NS(=O)(=O)C3=C(Cl)N(C)N(C)C3)c2)s1. The summed E-state index contributed by atoms with van der Waals surface area (Å²) >= 11 is 13.5. The van der Waals surface area contributed by atoms with Gasteiger partial charge in [0.2, 0.25) is 5.91 Å². The fraction of sp³-hybridized carbons (Fsp3) is 0.312. The van der Waals surface area contributed by atoms with E-state index in [2.05, 4.69) is 20.0 Å². The van der Waals surface area contributed by atoms with E-state index in [1.165, 1.54) is 29.5 Å². The summed E-state index contributed by atoms with van der Waals surface area (Å²) in [4.78, 5) is 20.4. The van der Waals surface area contributed by atoms with Crippen molar-refractivity contribution in [1.29, 1.82) is 0 Å². The predicted octanol–water partition coefficient (Wildman–Crippen LogP) is 3.07. The van der Waals surface area contributed by atoms with Crippen LogP contribution in [0.2, 0.25) is 5.15 Å². The summed E-state index contributed by atoms with van der Waals surface area (Å²) in [6, 6.07) is 1.57. The smallest absolute Gasteiger partial charge is 0.262 e. The Kier molecular flexibility index (Phi) is 6.06. The molecular weight excluding hydrogens is 459 g/mol. The van der Waals surface area contributed by atoms with Crippen molar-refractivity contribution in [3.63, 3.8) is 0 Å². The third-order valence-corrected chi connectivity index (χ3v) is 7.62. The number of amides is 1. The van der Waals surface area contributed by atoms with Crippen LogP contribution in [0.1, 0.15) is 12.6 Å². The number of carbonyl (C=O) groups is 1. The van der Waals surface area contributed by atoms with Gasteiger partial charge in [0.05, 0.1) is 22.8 Å². The summed E-state index contributed by atoms with van der Waals surface area (Å²) in [5, 5.41) is 6.38. The van der Waals surface area contributed by atoms with Crippen molar-refractivity contribution in [2.75, 3.05) is 30.7 Å². The molecule has 9 nitrogen and oxygen atoms in total. The van der Waals surface area contributed by atoms with Crippen LogP contribution in [0.3, 0.4) is 0 Å². The second-order valence-electron chi connectivity index (χ2n) is 6.34. The highest BCUT2D eigenvalue weighted by Gasteiger charge is 2.32. The van der Waals surface area contributed by atoms with E-state index in [-0.39, 0.29) is 33.4 Å². The maximum atomic E-state index is 12.8. The first-order valence-electron chi connectivity index (χ1n) is 8.26. The predicted molar refractivity (Wildman–Crippen MR) is 115 cm³/mol. The summed E-state index contributed by atoms with van der Waals surface area (Å²) in [6.45, 7) is 3.30. The van der Waals surface area contributed by atoms with Crippen LogP contribution in [0.25, 0.3) is 10.4 Å². The van der Waals surface area contributed by atoms with Gasteiger partial charge in [0.15, 0.2) is 10.3 Å². The summed E-state index contributed by atoms with van der Waals surface area (Å²) in [5.74, 6) is -0.232. The van der Waals surface area contributed by atoms with Gasteiger partial charge in [-0.05, 0) is 13.0 Å². The number of halogens is 2. The van der Waals surface area contributed by atoms with Crippen molar-refractivity contribution in [2.45, 2.75) is 13.8 Å². The highest BCUT2D eigenvalue weighted by atomic mass is 35.5. The zero-order valence-corrected chi connectivity index (χ0v) is 19.1. The quantitative estimate of drug-likeness (QED) is 0.504. The van der Waals surface area contributed by atoms with Crippen LogP contribution in [0.4, 0.5) is 10.8 Å². The zero-order chi connectivity index (χ0) is 21.5. The molecule has 0 saturated carbocycles. The Bertz CT molecular complexity index is 1120. The Morgan fingerprint density at radius 2 is 2.00 bits per heavy atom. The maximum absolute atomic E-state index is 12.8. The number of carbonyl (C=O) groups excluding carboxylic acids is 1. The number of hydrogen-bond donors (Lipinski definition) is 2.